The summed E-state index contributed by atoms with van der Waals surface area (Å²) in [6.45, 7) is 6.43. The lowest BCUT2D eigenvalue weighted by Gasteiger charge is -2.18. The van der Waals surface area contributed by atoms with Crippen molar-refractivity contribution < 1.29 is 13.2 Å². The molecule has 1 aromatic heterocycles. The molecule has 1 saturated heterocycles. The van der Waals surface area contributed by atoms with Gasteiger partial charge in [-0.05, 0) is 49.2 Å². The van der Waals surface area contributed by atoms with Gasteiger partial charge in [0, 0.05) is 31.7 Å². The van der Waals surface area contributed by atoms with E-state index >= 15 is 0 Å². The summed E-state index contributed by atoms with van der Waals surface area (Å²) in [5.41, 5.74) is 0.995. The smallest absolute Gasteiger partial charge is 0.255 e. The largest absolute Gasteiger partial charge is 0.357 e. The fourth-order valence-corrected chi connectivity index (χ4v) is 4.75. The molecule has 0 radical (unpaired) electrons. The molecule has 2 heterocycles. The number of carbonyl (C=O) groups excluding carboxylic acids is 1. The summed E-state index contributed by atoms with van der Waals surface area (Å²) in [6, 6.07) is 9.72. The second-order valence-corrected chi connectivity index (χ2v) is 8.60. The zero-order chi connectivity index (χ0) is 20.1. The maximum absolute atomic E-state index is 12.5. The number of sulfonamides is 1. The van der Waals surface area contributed by atoms with Crippen molar-refractivity contribution in [2.75, 3.05) is 36.4 Å². The molecule has 8 heteroatoms. The van der Waals surface area contributed by atoms with Gasteiger partial charge < -0.3 is 10.2 Å². The third-order valence-corrected chi connectivity index (χ3v) is 6.96. The average molecular weight is 403 g/mol. The lowest BCUT2D eigenvalue weighted by molar-refractivity contribution is 0.102. The minimum Gasteiger partial charge on any atom is -0.357 e. The maximum Gasteiger partial charge on any atom is 0.255 e. The monoisotopic (exact) mass is 402 g/mol. The number of amides is 1. The van der Waals surface area contributed by atoms with Crippen molar-refractivity contribution in [3.05, 3.63) is 48.2 Å². The van der Waals surface area contributed by atoms with Crippen molar-refractivity contribution in [3.63, 3.8) is 0 Å². The van der Waals surface area contributed by atoms with E-state index in [-0.39, 0.29) is 10.8 Å². The average Bonchev–Trinajstić information content (AvgIpc) is 3.24. The van der Waals surface area contributed by atoms with Crippen molar-refractivity contribution in [1.82, 2.24) is 9.29 Å². The summed E-state index contributed by atoms with van der Waals surface area (Å²) < 4.78 is 26.4. The molecule has 1 aromatic carbocycles. The predicted molar refractivity (Wildman–Crippen MR) is 110 cm³/mol. The van der Waals surface area contributed by atoms with Gasteiger partial charge in [0.15, 0.2) is 0 Å². The SMILES string of the molecule is CCN(CC)S(=O)(=O)c1ccc(C(=O)Nc2ccc(N3CCCC3)nc2)cc1. The fraction of sp³-hybridized carbons (Fsp3) is 0.400. The molecular weight excluding hydrogens is 376 g/mol. The summed E-state index contributed by atoms with van der Waals surface area (Å²) in [5, 5.41) is 2.80. The van der Waals surface area contributed by atoms with Crippen molar-refractivity contribution in [1.29, 1.82) is 0 Å². The molecule has 0 atom stereocenters. The molecule has 0 unspecified atom stereocenters. The van der Waals surface area contributed by atoms with Crippen LogP contribution in [0.5, 0.6) is 0 Å². The second kappa shape index (κ2) is 8.70. The quantitative estimate of drug-likeness (QED) is 0.770. The zero-order valence-corrected chi connectivity index (χ0v) is 17.1. The van der Waals surface area contributed by atoms with Gasteiger partial charge in [0.1, 0.15) is 5.82 Å². The summed E-state index contributed by atoms with van der Waals surface area (Å²) in [6.07, 6.45) is 4.01. The van der Waals surface area contributed by atoms with Crippen LogP contribution in [0.1, 0.15) is 37.0 Å². The number of rotatable bonds is 7. The van der Waals surface area contributed by atoms with Gasteiger partial charge >= 0.3 is 0 Å². The van der Waals surface area contributed by atoms with Gasteiger partial charge in [-0.3, -0.25) is 4.79 Å². The van der Waals surface area contributed by atoms with Crippen LogP contribution in [0.3, 0.4) is 0 Å². The Morgan fingerprint density at radius 3 is 2.25 bits per heavy atom. The number of carbonyl (C=O) groups is 1. The van der Waals surface area contributed by atoms with Crippen molar-refractivity contribution in [2.45, 2.75) is 31.6 Å². The molecule has 150 valence electrons. The Hall–Kier alpha value is -2.45. The first-order valence-electron chi connectivity index (χ1n) is 9.58. The highest BCUT2D eigenvalue weighted by Crippen LogP contribution is 2.20. The fourth-order valence-electron chi connectivity index (χ4n) is 3.29. The molecular formula is C20H26N4O3S. The normalized spacial score (nSPS) is 14.5. The molecule has 7 nitrogen and oxygen atoms in total. The predicted octanol–water partition coefficient (Wildman–Crippen LogP) is 2.96. The molecule has 1 N–H and O–H groups in total. The van der Waals surface area contributed by atoms with Crippen LogP contribution in [0.25, 0.3) is 0 Å². The summed E-state index contributed by atoms with van der Waals surface area (Å²) in [4.78, 5) is 19.3. The van der Waals surface area contributed by atoms with Crippen molar-refractivity contribution in [2.24, 2.45) is 0 Å². The molecule has 0 spiro atoms. The van der Waals surface area contributed by atoms with Gasteiger partial charge in [-0.2, -0.15) is 4.31 Å². The van der Waals surface area contributed by atoms with E-state index in [2.05, 4.69) is 15.2 Å². The van der Waals surface area contributed by atoms with E-state index in [9.17, 15) is 13.2 Å². The summed E-state index contributed by atoms with van der Waals surface area (Å²) in [7, 11) is -3.53. The van der Waals surface area contributed by atoms with Crippen LogP contribution in [0.15, 0.2) is 47.5 Å². The maximum atomic E-state index is 12.5. The standard InChI is InChI=1S/C20H26N4O3S/c1-3-24(4-2)28(26,27)18-10-7-16(8-11-18)20(25)22-17-9-12-19(21-15-17)23-13-5-6-14-23/h7-12,15H,3-6,13-14H2,1-2H3,(H,22,25). The Kier molecular flexibility index (Phi) is 6.31. The van der Waals surface area contributed by atoms with E-state index in [0.29, 0.717) is 24.3 Å². The number of benzene rings is 1. The van der Waals surface area contributed by atoms with Crippen LogP contribution in [0.4, 0.5) is 11.5 Å². The Labute approximate surface area is 166 Å². The van der Waals surface area contributed by atoms with Crippen LogP contribution < -0.4 is 10.2 Å². The first-order chi connectivity index (χ1) is 13.5. The number of nitrogens with zero attached hydrogens (tertiary/aromatic N) is 3. The molecule has 1 aliphatic heterocycles. The number of hydrogen-bond acceptors (Lipinski definition) is 5. The van der Waals surface area contributed by atoms with Crippen molar-refractivity contribution in [3.8, 4) is 0 Å². The highest BCUT2D eigenvalue weighted by atomic mass is 32.2. The Balaban J connectivity index is 1.68. The molecule has 2 aromatic rings. The van der Waals surface area contributed by atoms with E-state index in [1.807, 2.05) is 12.1 Å². The van der Waals surface area contributed by atoms with Crippen LogP contribution in [0.2, 0.25) is 0 Å². The molecule has 0 saturated carbocycles. The number of nitrogens with one attached hydrogen (secondary N) is 1. The molecule has 1 amide bonds. The van der Waals surface area contributed by atoms with Gasteiger partial charge in [0.25, 0.3) is 5.91 Å². The minimum atomic E-state index is -3.53. The Bertz CT molecular complexity index is 901. The third kappa shape index (κ3) is 4.34. The van der Waals surface area contributed by atoms with Crippen LogP contribution in [-0.4, -0.2) is 49.8 Å². The van der Waals surface area contributed by atoms with Gasteiger partial charge in [-0.15, -0.1) is 0 Å². The molecule has 28 heavy (non-hydrogen) atoms. The van der Waals surface area contributed by atoms with E-state index in [1.54, 1.807) is 20.0 Å². The molecule has 3 rings (SSSR count). The molecule has 0 aliphatic carbocycles. The first-order valence-corrected chi connectivity index (χ1v) is 11.0. The first kappa shape index (κ1) is 20.3. The van der Waals surface area contributed by atoms with Crippen molar-refractivity contribution >= 4 is 27.4 Å². The van der Waals surface area contributed by atoms with Gasteiger partial charge in [-0.25, -0.2) is 13.4 Å². The highest BCUT2D eigenvalue weighted by molar-refractivity contribution is 7.89. The Morgan fingerprint density at radius 1 is 1.07 bits per heavy atom. The lowest BCUT2D eigenvalue weighted by Crippen LogP contribution is -2.30. The van der Waals surface area contributed by atoms with E-state index in [4.69, 9.17) is 0 Å². The lowest BCUT2D eigenvalue weighted by atomic mass is 10.2. The highest BCUT2D eigenvalue weighted by Gasteiger charge is 2.21. The van der Waals surface area contributed by atoms with Crippen LogP contribution in [0, 0.1) is 0 Å². The molecule has 1 fully saturated rings. The summed E-state index contributed by atoms with van der Waals surface area (Å²) in [5.74, 6) is 0.615. The second-order valence-electron chi connectivity index (χ2n) is 6.67. The minimum absolute atomic E-state index is 0.185. The van der Waals surface area contributed by atoms with Gasteiger partial charge in [-0.1, -0.05) is 13.8 Å². The number of aromatic nitrogens is 1. The van der Waals surface area contributed by atoms with E-state index in [1.165, 1.54) is 41.4 Å². The number of pyridine rings is 1. The zero-order valence-electron chi connectivity index (χ0n) is 16.3. The van der Waals surface area contributed by atoms with Gasteiger partial charge in [0.2, 0.25) is 10.0 Å². The van der Waals surface area contributed by atoms with Crippen LogP contribution >= 0.6 is 0 Å². The third-order valence-electron chi connectivity index (χ3n) is 4.90. The molecule has 1 aliphatic rings. The van der Waals surface area contributed by atoms with E-state index < -0.39 is 10.0 Å². The van der Waals surface area contributed by atoms with Gasteiger partial charge in [0.05, 0.1) is 16.8 Å². The Morgan fingerprint density at radius 2 is 1.71 bits per heavy atom. The number of hydrogen-bond donors (Lipinski definition) is 1. The van der Waals surface area contributed by atoms with E-state index in [0.717, 1.165) is 18.9 Å². The summed E-state index contributed by atoms with van der Waals surface area (Å²) >= 11 is 0. The number of anilines is 2. The van der Waals surface area contributed by atoms with Crippen LogP contribution in [-0.2, 0) is 10.0 Å². The molecule has 0 bridgehead atoms. The topological polar surface area (TPSA) is 82.6 Å².